The van der Waals surface area contributed by atoms with Crippen molar-refractivity contribution in [1.82, 2.24) is 24.2 Å². The molecular formula is C25H29F4N7O. The van der Waals surface area contributed by atoms with Gasteiger partial charge in [0.05, 0.1) is 40.8 Å². The van der Waals surface area contributed by atoms with Gasteiger partial charge in [0.15, 0.2) is 0 Å². The first-order valence-corrected chi connectivity index (χ1v) is 12.2. The van der Waals surface area contributed by atoms with Crippen LogP contribution in [0.2, 0.25) is 0 Å². The van der Waals surface area contributed by atoms with Crippen LogP contribution >= 0.6 is 0 Å². The Hall–Kier alpha value is -3.46. The highest BCUT2D eigenvalue weighted by Gasteiger charge is 2.38. The number of pyridine rings is 2. The van der Waals surface area contributed by atoms with Crippen molar-refractivity contribution in [2.75, 3.05) is 18.0 Å². The average molecular weight is 520 g/mol. The molecule has 8 nitrogen and oxygen atoms in total. The van der Waals surface area contributed by atoms with Crippen LogP contribution in [0.1, 0.15) is 50.9 Å². The molecule has 3 aromatic rings. The molecule has 0 aliphatic carbocycles. The van der Waals surface area contributed by atoms with E-state index in [1.807, 2.05) is 13.8 Å². The molecule has 3 aromatic heterocycles. The van der Waals surface area contributed by atoms with Crippen LogP contribution in [0, 0.1) is 17.1 Å². The van der Waals surface area contributed by atoms with Crippen molar-refractivity contribution in [3.63, 3.8) is 0 Å². The van der Waals surface area contributed by atoms with Gasteiger partial charge in [-0.1, -0.05) is 13.8 Å². The molecule has 3 atom stereocenters. The van der Waals surface area contributed by atoms with Gasteiger partial charge in [0.1, 0.15) is 17.9 Å². The van der Waals surface area contributed by atoms with Crippen LogP contribution in [0.15, 0.2) is 29.3 Å². The van der Waals surface area contributed by atoms with E-state index in [0.717, 1.165) is 0 Å². The summed E-state index contributed by atoms with van der Waals surface area (Å²) in [5, 5.41) is 13.7. The zero-order valence-corrected chi connectivity index (χ0v) is 21.1. The molecular weight excluding hydrogens is 490 g/mol. The fourth-order valence-corrected chi connectivity index (χ4v) is 5.13. The second-order valence-electron chi connectivity index (χ2n) is 9.38. The zero-order valence-electron chi connectivity index (χ0n) is 21.1. The Morgan fingerprint density at radius 3 is 2.49 bits per heavy atom. The normalized spacial score (nSPS) is 19.8. The second-order valence-corrected chi connectivity index (χ2v) is 9.38. The number of rotatable bonds is 6. The second kappa shape index (κ2) is 10.1. The molecule has 1 aliphatic heterocycles. The van der Waals surface area contributed by atoms with Crippen molar-refractivity contribution < 1.29 is 17.6 Å². The van der Waals surface area contributed by atoms with Gasteiger partial charge in [-0.25, -0.2) is 4.39 Å². The van der Waals surface area contributed by atoms with Crippen molar-refractivity contribution in [1.29, 1.82) is 5.26 Å². The van der Waals surface area contributed by atoms with E-state index < -0.39 is 23.6 Å². The Balaban J connectivity index is 1.70. The van der Waals surface area contributed by atoms with Crippen LogP contribution in [0.5, 0.6) is 0 Å². The van der Waals surface area contributed by atoms with Crippen LogP contribution in [0.25, 0.3) is 11.0 Å². The summed E-state index contributed by atoms with van der Waals surface area (Å²) in [7, 11) is 1.66. The van der Waals surface area contributed by atoms with Gasteiger partial charge in [-0.2, -0.15) is 23.5 Å². The zero-order chi connectivity index (χ0) is 27.1. The maximum Gasteiger partial charge on any atom is 0.417 e. The van der Waals surface area contributed by atoms with Crippen molar-refractivity contribution in [2.24, 2.45) is 7.05 Å². The number of hydrogen-bond donors (Lipinski definition) is 0. The maximum atomic E-state index is 14.8. The molecule has 0 N–H and O–H groups in total. The van der Waals surface area contributed by atoms with Gasteiger partial charge in [-0.3, -0.25) is 19.4 Å². The molecule has 198 valence electrons. The third kappa shape index (κ3) is 4.92. The molecule has 0 bridgehead atoms. The summed E-state index contributed by atoms with van der Waals surface area (Å²) in [6, 6.07) is 3.41. The Morgan fingerprint density at radius 1 is 1.19 bits per heavy atom. The summed E-state index contributed by atoms with van der Waals surface area (Å²) < 4.78 is 56.8. The van der Waals surface area contributed by atoms with Gasteiger partial charge in [0.2, 0.25) is 0 Å². The maximum absolute atomic E-state index is 14.8. The molecule has 0 unspecified atom stereocenters. The minimum atomic E-state index is -4.67. The summed E-state index contributed by atoms with van der Waals surface area (Å²) in [6.07, 6.45) is -0.913. The van der Waals surface area contributed by atoms with E-state index >= 15 is 0 Å². The van der Waals surface area contributed by atoms with Crippen molar-refractivity contribution >= 4 is 16.7 Å². The van der Waals surface area contributed by atoms with Gasteiger partial charge < -0.3 is 9.47 Å². The Morgan fingerprint density at radius 2 is 1.89 bits per heavy atom. The lowest BCUT2D eigenvalue weighted by molar-refractivity contribution is -0.138. The summed E-state index contributed by atoms with van der Waals surface area (Å²) in [6.45, 7) is 6.81. The topological polar surface area (TPSA) is 83.0 Å². The first-order valence-electron chi connectivity index (χ1n) is 12.2. The summed E-state index contributed by atoms with van der Waals surface area (Å²) in [5.74, 6) is -0.982. The van der Waals surface area contributed by atoms with Crippen LogP contribution in [-0.4, -0.2) is 49.4 Å². The van der Waals surface area contributed by atoms with Gasteiger partial charge >= 0.3 is 6.18 Å². The van der Waals surface area contributed by atoms with Crippen LogP contribution in [0.4, 0.5) is 23.2 Å². The standard InChI is InChI=1S/C25H29F4N7O/c1-5-17-13-36(20-10-22(37)33(4)21-14-34(8-7-30)32-24(20)21)18(6-2)12-35(17)15(3)23-19(26)9-16(11-31-23)25(27,28)29/h9-11,14-15,17-18H,5-6,8,12-13H2,1-4H3/t15-,17-,18+/m1/s1. The number of alkyl halides is 3. The fraction of sp³-hybridized carbons (Fsp3) is 0.520. The lowest BCUT2D eigenvalue weighted by Crippen LogP contribution is -2.59. The number of halogens is 4. The van der Waals surface area contributed by atoms with Crippen LogP contribution in [0.3, 0.4) is 0 Å². The van der Waals surface area contributed by atoms with Crippen LogP contribution in [-0.2, 0) is 19.8 Å². The predicted octanol–water partition coefficient (Wildman–Crippen LogP) is 4.25. The number of aromatic nitrogens is 4. The number of nitrogens with zero attached hydrogens (tertiary/aromatic N) is 7. The Labute approximate surface area is 211 Å². The van der Waals surface area contributed by atoms with Crippen molar-refractivity contribution in [2.45, 2.75) is 64.5 Å². The van der Waals surface area contributed by atoms with E-state index in [9.17, 15) is 22.4 Å². The molecule has 12 heteroatoms. The third-order valence-corrected chi connectivity index (χ3v) is 7.25. The van der Waals surface area contributed by atoms with Crippen molar-refractivity contribution in [3.8, 4) is 6.07 Å². The lowest BCUT2D eigenvalue weighted by Gasteiger charge is -2.49. The number of piperazine rings is 1. The molecule has 1 fully saturated rings. The van der Waals surface area contributed by atoms with Gasteiger partial charge in [-0.15, -0.1) is 0 Å². The Kier molecular flexibility index (Phi) is 7.28. The highest BCUT2D eigenvalue weighted by Crippen LogP contribution is 2.36. The smallest absolute Gasteiger partial charge is 0.364 e. The molecule has 1 aliphatic rings. The molecule has 0 radical (unpaired) electrons. The molecule has 37 heavy (non-hydrogen) atoms. The van der Waals surface area contributed by atoms with Crippen LogP contribution < -0.4 is 10.5 Å². The average Bonchev–Trinajstić information content (AvgIpc) is 3.28. The SMILES string of the molecule is CC[C@H]1CN([C@H](C)c2ncc(C(F)(F)F)cc2F)[C@H](CC)CN1c1cc(=O)n(C)c2cn(CC#N)nc12. The number of anilines is 1. The summed E-state index contributed by atoms with van der Waals surface area (Å²) in [5.41, 5.74) is 0.561. The molecule has 0 amide bonds. The minimum Gasteiger partial charge on any atom is -0.364 e. The number of hydrogen-bond acceptors (Lipinski definition) is 6. The molecule has 0 spiro atoms. The Bertz CT molecular complexity index is 1390. The summed E-state index contributed by atoms with van der Waals surface area (Å²) >= 11 is 0. The molecule has 4 rings (SSSR count). The predicted molar refractivity (Wildman–Crippen MR) is 130 cm³/mol. The van der Waals surface area contributed by atoms with E-state index in [0.29, 0.717) is 54.9 Å². The van der Waals surface area contributed by atoms with E-state index in [1.165, 1.54) is 9.25 Å². The molecule has 0 aromatic carbocycles. The van der Waals surface area contributed by atoms with Crippen molar-refractivity contribution in [3.05, 3.63) is 52.0 Å². The van der Waals surface area contributed by atoms with Gasteiger partial charge in [0.25, 0.3) is 5.56 Å². The number of nitriles is 1. The minimum absolute atomic E-state index is 0.0269. The number of fused-ring (bicyclic) bond motifs is 1. The van der Waals surface area contributed by atoms with E-state index in [-0.39, 0.29) is 29.9 Å². The first-order chi connectivity index (χ1) is 17.5. The highest BCUT2D eigenvalue weighted by molar-refractivity contribution is 5.88. The molecule has 1 saturated heterocycles. The quantitative estimate of drug-likeness (QED) is 0.453. The lowest BCUT2D eigenvalue weighted by atomic mass is 9.98. The molecule has 0 saturated carbocycles. The molecule has 4 heterocycles. The fourth-order valence-electron chi connectivity index (χ4n) is 5.13. The monoisotopic (exact) mass is 519 g/mol. The van der Waals surface area contributed by atoms with Gasteiger partial charge in [-0.05, 0) is 25.8 Å². The van der Waals surface area contributed by atoms with E-state index in [2.05, 4.69) is 26.0 Å². The van der Waals surface area contributed by atoms with Gasteiger partial charge in [0, 0.05) is 44.5 Å². The summed E-state index contributed by atoms with van der Waals surface area (Å²) in [4.78, 5) is 20.9. The van der Waals surface area contributed by atoms with E-state index in [4.69, 9.17) is 5.26 Å². The largest absolute Gasteiger partial charge is 0.417 e. The van der Waals surface area contributed by atoms with E-state index in [1.54, 1.807) is 26.2 Å². The number of aryl methyl sites for hydroxylation is 1. The first kappa shape index (κ1) is 26.6. The third-order valence-electron chi connectivity index (χ3n) is 7.25. The highest BCUT2D eigenvalue weighted by atomic mass is 19.4.